The predicted molar refractivity (Wildman–Crippen MR) is 71.5 cm³/mol. The highest BCUT2D eigenvalue weighted by atomic mass is 16.2. The highest BCUT2D eigenvalue weighted by Gasteiger charge is 2.41. The quantitative estimate of drug-likeness (QED) is 0.802. The van der Waals surface area contributed by atoms with Crippen molar-refractivity contribution in [3.8, 4) is 0 Å². The van der Waals surface area contributed by atoms with Crippen LogP contribution in [-0.2, 0) is 0 Å². The van der Waals surface area contributed by atoms with E-state index in [1.807, 2.05) is 4.90 Å². The SMILES string of the molecule is CCC1(CNC(=O)N2C[C@@H]3C[C@H]2CN3)CCCC1. The Labute approximate surface area is 109 Å². The molecule has 4 heteroatoms. The second-order valence-electron chi connectivity index (χ2n) is 6.37. The number of carbonyl (C=O) groups is 1. The first-order valence-electron chi connectivity index (χ1n) is 7.50. The number of urea groups is 1. The number of piperazine rings is 1. The molecule has 1 aliphatic carbocycles. The van der Waals surface area contributed by atoms with Crippen molar-refractivity contribution in [1.82, 2.24) is 15.5 Å². The van der Waals surface area contributed by atoms with E-state index in [0.29, 0.717) is 17.5 Å². The van der Waals surface area contributed by atoms with E-state index in [4.69, 9.17) is 0 Å². The smallest absolute Gasteiger partial charge is 0.317 e. The molecule has 0 unspecified atom stereocenters. The maximum atomic E-state index is 12.2. The summed E-state index contributed by atoms with van der Waals surface area (Å²) in [5.41, 5.74) is 0.395. The van der Waals surface area contributed by atoms with Gasteiger partial charge in [-0.25, -0.2) is 4.79 Å². The van der Waals surface area contributed by atoms with Crippen molar-refractivity contribution in [2.45, 2.75) is 57.5 Å². The fourth-order valence-corrected chi connectivity index (χ4v) is 3.95. The summed E-state index contributed by atoms with van der Waals surface area (Å²) in [5.74, 6) is 0. The molecule has 2 heterocycles. The zero-order valence-electron chi connectivity index (χ0n) is 11.4. The molecule has 0 aromatic rings. The maximum Gasteiger partial charge on any atom is 0.317 e. The fraction of sp³-hybridized carbons (Fsp3) is 0.929. The van der Waals surface area contributed by atoms with Crippen LogP contribution in [0.4, 0.5) is 4.79 Å². The second kappa shape index (κ2) is 4.72. The minimum Gasteiger partial charge on any atom is -0.337 e. The fourth-order valence-electron chi connectivity index (χ4n) is 3.95. The van der Waals surface area contributed by atoms with Gasteiger partial charge in [-0.2, -0.15) is 0 Å². The summed E-state index contributed by atoms with van der Waals surface area (Å²) in [4.78, 5) is 14.3. The van der Waals surface area contributed by atoms with Gasteiger partial charge in [-0.15, -0.1) is 0 Å². The summed E-state index contributed by atoms with van der Waals surface area (Å²) >= 11 is 0. The molecule has 2 bridgehead atoms. The van der Waals surface area contributed by atoms with Crippen molar-refractivity contribution in [3.63, 3.8) is 0 Å². The standard InChI is InChI=1S/C14H25N3O/c1-2-14(5-3-4-6-14)10-16-13(18)17-9-11-7-12(17)8-15-11/h11-12,15H,2-10H2,1H3,(H,16,18)/t11-,12-/m0/s1. The number of likely N-dealkylation sites (tertiary alicyclic amines) is 1. The molecule has 0 aromatic carbocycles. The van der Waals surface area contributed by atoms with Gasteiger partial charge in [0.1, 0.15) is 0 Å². The van der Waals surface area contributed by atoms with Crippen molar-refractivity contribution >= 4 is 6.03 Å². The third-order valence-corrected chi connectivity index (χ3v) is 5.35. The Morgan fingerprint density at radius 3 is 2.78 bits per heavy atom. The number of fused-ring (bicyclic) bond motifs is 2. The van der Waals surface area contributed by atoms with Gasteiger partial charge in [0, 0.05) is 31.7 Å². The van der Waals surface area contributed by atoms with Crippen LogP contribution < -0.4 is 10.6 Å². The van der Waals surface area contributed by atoms with Gasteiger partial charge in [-0.3, -0.25) is 0 Å². The van der Waals surface area contributed by atoms with Crippen molar-refractivity contribution in [1.29, 1.82) is 0 Å². The average molecular weight is 251 g/mol. The van der Waals surface area contributed by atoms with Crippen LogP contribution in [0.1, 0.15) is 45.4 Å². The number of rotatable bonds is 3. The van der Waals surface area contributed by atoms with E-state index < -0.39 is 0 Å². The van der Waals surface area contributed by atoms with Crippen LogP contribution in [0.15, 0.2) is 0 Å². The van der Waals surface area contributed by atoms with E-state index in [0.717, 1.165) is 26.1 Å². The van der Waals surface area contributed by atoms with E-state index >= 15 is 0 Å². The van der Waals surface area contributed by atoms with Gasteiger partial charge < -0.3 is 15.5 Å². The Kier molecular flexibility index (Phi) is 3.22. The molecule has 102 valence electrons. The number of amides is 2. The molecule has 2 atom stereocenters. The molecule has 2 aliphatic heterocycles. The Morgan fingerprint density at radius 2 is 2.22 bits per heavy atom. The number of nitrogens with zero attached hydrogens (tertiary/aromatic N) is 1. The summed E-state index contributed by atoms with van der Waals surface area (Å²) in [6.07, 6.45) is 7.59. The van der Waals surface area contributed by atoms with Crippen molar-refractivity contribution < 1.29 is 4.79 Å². The second-order valence-corrected chi connectivity index (χ2v) is 6.37. The summed E-state index contributed by atoms with van der Waals surface area (Å²) in [6, 6.07) is 1.16. The Morgan fingerprint density at radius 1 is 1.44 bits per heavy atom. The average Bonchev–Trinajstić information content (AvgIpc) is 3.12. The van der Waals surface area contributed by atoms with Crippen LogP contribution in [0.25, 0.3) is 0 Å². The van der Waals surface area contributed by atoms with Crippen molar-refractivity contribution in [2.24, 2.45) is 5.41 Å². The minimum atomic E-state index is 0.170. The highest BCUT2D eigenvalue weighted by molar-refractivity contribution is 5.75. The lowest BCUT2D eigenvalue weighted by molar-refractivity contribution is 0.175. The topological polar surface area (TPSA) is 44.4 Å². The highest BCUT2D eigenvalue weighted by Crippen LogP contribution is 2.40. The Bertz CT molecular complexity index is 325. The number of carbonyl (C=O) groups excluding carboxylic acids is 1. The molecule has 0 aromatic heterocycles. The predicted octanol–water partition coefficient (Wildman–Crippen LogP) is 1.71. The molecule has 2 N–H and O–H groups in total. The molecule has 0 radical (unpaired) electrons. The van der Waals surface area contributed by atoms with Gasteiger partial charge in [0.05, 0.1) is 0 Å². The first-order chi connectivity index (χ1) is 8.72. The van der Waals surface area contributed by atoms with E-state index in [9.17, 15) is 4.79 Å². The lowest BCUT2D eigenvalue weighted by Gasteiger charge is -2.32. The van der Waals surface area contributed by atoms with Crippen LogP contribution >= 0.6 is 0 Å². The number of hydrogen-bond acceptors (Lipinski definition) is 2. The molecule has 4 nitrogen and oxygen atoms in total. The van der Waals surface area contributed by atoms with Crippen molar-refractivity contribution in [3.05, 3.63) is 0 Å². The van der Waals surface area contributed by atoms with Gasteiger partial charge in [-0.05, 0) is 31.1 Å². The van der Waals surface area contributed by atoms with E-state index in [-0.39, 0.29) is 6.03 Å². The molecular weight excluding hydrogens is 226 g/mol. The summed E-state index contributed by atoms with van der Waals surface area (Å²) in [5, 5.41) is 6.64. The molecule has 2 amide bonds. The molecule has 0 spiro atoms. The van der Waals surface area contributed by atoms with Gasteiger partial charge in [-0.1, -0.05) is 19.8 Å². The van der Waals surface area contributed by atoms with Gasteiger partial charge in [0.2, 0.25) is 0 Å². The minimum absolute atomic E-state index is 0.170. The van der Waals surface area contributed by atoms with Crippen LogP contribution in [0.2, 0.25) is 0 Å². The van der Waals surface area contributed by atoms with Crippen LogP contribution in [0.3, 0.4) is 0 Å². The Hall–Kier alpha value is -0.770. The number of nitrogens with one attached hydrogen (secondary N) is 2. The van der Waals surface area contributed by atoms with Gasteiger partial charge >= 0.3 is 6.03 Å². The molecule has 3 fully saturated rings. The van der Waals surface area contributed by atoms with E-state index in [1.54, 1.807) is 0 Å². The van der Waals surface area contributed by atoms with E-state index in [2.05, 4.69) is 17.6 Å². The Balaban J connectivity index is 1.52. The third-order valence-electron chi connectivity index (χ3n) is 5.35. The molecule has 3 aliphatic rings. The van der Waals surface area contributed by atoms with Crippen LogP contribution in [0.5, 0.6) is 0 Å². The first kappa shape index (κ1) is 12.3. The summed E-state index contributed by atoms with van der Waals surface area (Å²) in [7, 11) is 0. The lowest BCUT2D eigenvalue weighted by Crippen LogP contribution is -2.51. The largest absolute Gasteiger partial charge is 0.337 e. The van der Waals surface area contributed by atoms with Gasteiger partial charge in [0.25, 0.3) is 0 Å². The lowest BCUT2D eigenvalue weighted by atomic mass is 9.83. The maximum absolute atomic E-state index is 12.2. The molecule has 1 saturated carbocycles. The molecule has 18 heavy (non-hydrogen) atoms. The normalized spacial score (nSPS) is 33.1. The van der Waals surface area contributed by atoms with Gasteiger partial charge in [0.15, 0.2) is 0 Å². The van der Waals surface area contributed by atoms with Crippen molar-refractivity contribution in [2.75, 3.05) is 19.6 Å². The first-order valence-corrected chi connectivity index (χ1v) is 7.50. The zero-order chi connectivity index (χ0) is 12.6. The monoisotopic (exact) mass is 251 g/mol. The van der Waals surface area contributed by atoms with E-state index in [1.165, 1.54) is 32.1 Å². The summed E-state index contributed by atoms with van der Waals surface area (Å²) < 4.78 is 0. The third kappa shape index (κ3) is 2.11. The summed E-state index contributed by atoms with van der Waals surface area (Å²) in [6.45, 7) is 5.02. The van der Waals surface area contributed by atoms with Crippen LogP contribution in [0, 0.1) is 5.41 Å². The molecular formula is C14H25N3O. The molecule has 3 rings (SSSR count). The zero-order valence-corrected chi connectivity index (χ0v) is 11.4. The number of hydrogen-bond donors (Lipinski definition) is 2. The molecule has 2 saturated heterocycles. The van der Waals surface area contributed by atoms with Crippen LogP contribution in [-0.4, -0.2) is 42.6 Å².